The molecule has 0 aromatic carbocycles. The van der Waals surface area contributed by atoms with Gasteiger partial charge in [0.25, 0.3) is 0 Å². The van der Waals surface area contributed by atoms with Crippen molar-refractivity contribution in [1.29, 1.82) is 5.26 Å². The Kier molecular flexibility index (Phi) is 5.46. The Morgan fingerprint density at radius 2 is 2.06 bits per heavy atom. The van der Waals surface area contributed by atoms with Crippen molar-refractivity contribution < 1.29 is 23.1 Å². The van der Waals surface area contributed by atoms with Gasteiger partial charge in [0.1, 0.15) is 5.75 Å². The lowest BCUT2D eigenvalue weighted by Gasteiger charge is -2.08. The van der Waals surface area contributed by atoms with Crippen LogP contribution in [0.5, 0.6) is 0 Å². The number of sulfone groups is 1. The van der Waals surface area contributed by atoms with Crippen molar-refractivity contribution in [2.45, 2.75) is 18.6 Å². The van der Waals surface area contributed by atoms with Gasteiger partial charge in [-0.2, -0.15) is 5.26 Å². The Morgan fingerprint density at radius 1 is 1.50 bits per heavy atom. The van der Waals surface area contributed by atoms with Crippen molar-refractivity contribution in [3.63, 3.8) is 0 Å². The number of rotatable bonds is 6. The predicted octanol–water partition coefficient (Wildman–Crippen LogP) is -1.10. The number of nitrogens with one attached hydrogen (secondary N) is 1. The fourth-order valence-corrected chi connectivity index (χ4v) is 1.79. The van der Waals surface area contributed by atoms with Crippen LogP contribution in [0.3, 0.4) is 0 Å². The Hall–Kier alpha value is -1.62. The van der Waals surface area contributed by atoms with Crippen LogP contribution in [-0.2, 0) is 19.4 Å². The van der Waals surface area contributed by atoms with Gasteiger partial charge < -0.3 is 10.4 Å². The Labute approximate surface area is 93.0 Å². The number of carboxylic acids is 1. The number of amides is 1. The van der Waals surface area contributed by atoms with E-state index < -0.39 is 32.7 Å². The van der Waals surface area contributed by atoms with Gasteiger partial charge in [0.05, 0.1) is 12.5 Å². The van der Waals surface area contributed by atoms with Crippen LogP contribution in [-0.4, -0.2) is 42.9 Å². The first-order valence-corrected chi connectivity index (χ1v) is 6.11. The van der Waals surface area contributed by atoms with Crippen molar-refractivity contribution >= 4 is 21.7 Å². The third-order valence-corrected chi connectivity index (χ3v) is 3.72. The fraction of sp³-hybridized carbons (Fsp3) is 0.625. The zero-order chi connectivity index (χ0) is 12.8. The number of hydrogen-bond donors (Lipinski definition) is 2. The average molecular weight is 248 g/mol. The average Bonchev–Trinajstić information content (AvgIpc) is 2.16. The molecule has 0 fully saturated rings. The van der Waals surface area contributed by atoms with Crippen LogP contribution < -0.4 is 5.32 Å². The molecule has 0 saturated carbocycles. The molecule has 0 aromatic rings. The van der Waals surface area contributed by atoms with E-state index >= 15 is 0 Å². The lowest BCUT2D eigenvalue weighted by Crippen LogP contribution is -2.37. The SMILES string of the molecule is CC(C(=O)O)S(=O)(=O)CC(=O)NCCC#N. The topological polar surface area (TPSA) is 124 Å². The molecular weight excluding hydrogens is 236 g/mol. The van der Waals surface area contributed by atoms with Crippen LogP contribution in [0.4, 0.5) is 0 Å². The lowest BCUT2D eigenvalue weighted by atomic mass is 10.4. The van der Waals surface area contributed by atoms with Gasteiger partial charge in [0.2, 0.25) is 5.91 Å². The summed E-state index contributed by atoms with van der Waals surface area (Å²) in [5, 5.41) is 17.2. The largest absolute Gasteiger partial charge is 0.480 e. The molecule has 0 aliphatic carbocycles. The van der Waals surface area contributed by atoms with Gasteiger partial charge in [-0.3, -0.25) is 9.59 Å². The molecule has 0 saturated heterocycles. The monoisotopic (exact) mass is 248 g/mol. The maximum absolute atomic E-state index is 11.3. The molecule has 7 nitrogen and oxygen atoms in total. The summed E-state index contributed by atoms with van der Waals surface area (Å²) in [4.78, 5) is 21.5. The summed E-state index contributed by atoms with van der Waals surface area (Å²) < 4.78 is 22.6. The molecule has 0 heterocycles. The summed E-state index contributed by atoms with van der Waals surface area (Å²) in [5.74, 6) is -3.18. The van der Waals surface area contributed by atoms with Gasteiger partial charge >= 0.3 is 5.97 Å². The van der Waals surface area contributed by atoms with Crippen LogP contribution >= 0.6 is 0 Å². The highest BCUT2D eigenvalue weighted by Crippen LogP contribution is 2.01. The molecule has 0 aromatic heterocycles. The Morgan fingerprint density at radius 3 is 2.50 bits per heavy atom. The van der Waals surface area contributed by atoms with Gasteiger partial charge in [0.15, 0.2) is 15.1 Å². The molecule has 16 heavy (non-hydrogen) atoms. The summed E-state index contributed by atoms with van der Waals surface area (Å²) in [5.41, 5.74) is 0. The molecule has 0 bridgehead atoms. The molecule has 0 spiro atoms. The second kappa shape index (κ2) is 6.07. The van der Waals surface area contributed by atoms with Gasteiger partial charge in [-0.05, 0) is 6.92 Å². The molecule has 0 aliphatic heterocycles. The van der Waals surface area contributed by atoms with Crippen molar-refractivity contribution in [2.75, 3.05) is 12.3 Å². The summed E-state index contributed by atoms with van der Waals surface area (Å²) in [6, 6.07) is 1.77. The first-order chi connectivity index (χ1) is 7.31. The summed E-state index contributed by atoms with van der Waals surface area (Å²) in [6.07, 6.45) is 0.0697. The fourth-order valence-electron chi connectivity index (χ4n) is 0.770. The molecule has 0 aliphatic rings. The van der Waals surface area contributed by atoms with E-state index in [1.54, 1.807) is 6.07 Å². The summed E-state index contributed by atoms with van der Waals surface area (Å²) >= 11 is 0. The van der Waals surface area contributed by atoms with Gasteiger partial charge in [-0.15, -0.1) is 0 Å². The van der Waals surface area contributed by atoms with Crippen molar-refractivity contribution in [3.05, 3.63) is 0 Å². The van der Waals surface area contributed by atoms with E-state index in [1.807, 2.05) is 0 Å². The van der Waals surface area contributed by atoms with E-state index in [0.29, 0.717) is 0 Å². The Bertz CT molecular complexity index is 409. The minimum absolute atomic E-state index is 0.0479. The zero-order valence-electron chi connectivity index (χ0n) is 8.63. The highest BCUT2D eigenvalue weighted by atomic mass is 32.2. The lowest BCUT2D eigenvalue weighted by molar-refractivity contribution is -0.136. The summed E-state index contributed by atoms with van der Waals surface area (Å²) in [6.45, 7) is 1.05. The quantitative estimate of drug-likeness (QED) is 0.575. The molecule has 1 unspecified atom stereocenters. The van der Waals surface area contributed by atoms with Gasteiger partial charge in [0, 0.05) is 6.54 Å². The minimum atomic E-state index is -3.99. The van der Waals surface area contributed by atoms with Crippen LogP contribution in [0.15, 0.2) is 0 Å². The number of hydrogen-bond acceptors (Lipinski definition) is 5. The number of carboxylic acid groups (broad SMARTS) is 1. The molecule has 0 rings (SSSR count). The standard InChI is InChI=1S/C8H12N2O5S/c1-6(8(12)13)16(14,15)5-7(11)10-4-2-3-9/h6H,2,4-5H2,1H3,(H,10,11)(H,12,13). The molecule has 2 N–H and O–H groups in total. The second-order valence-corrected chi connectivity index (χ2v) is 5.37. The van der Waals surface area contributed by atoms with E-state index in [-0.39, 0.29) is 13.0 Å². The second-order valence-electron chi connectivity index (χ2n) is 3.05. The number of carbonyl (C=O) groups excluding carboxylic acids is 1. The van der Waals surface area contributed by atoms with E-state index in [9.17, 15) is 18.0 Å². The third-order valence-electron chi connectivity index (χ3n) is 1.78. The molecule has 90 valence electrons. The van der Waals surface area contributed by atoms with Crippen molar-refractivity contribution in [2.24, 2.45) is 0 Å². The first-order valence-electron chi connectivity index (χ1n) is 4.39. The van der Waals surface area contributed by atoms with Crippen LogP contribution in [0.2, 0.25) is 0 Å². The van der Waals surface area contributed by atoms with Crippen molar-refractivity contribution in [3.8, 4) is 6.07 Å². The highest BCUT2D eigenvalue weighted by Gasteiger charge is 2.29. The normalized spacial score (nSPS) is 12.5. The molecule has 8 heteroatoms. The summed E-state index contributed by atoms with van der Waals surface area (Å²) in [7, 11) is -3.99. The van der Waals surface area contributed by atoms with E-state index in [4.69, 9.17) is 10.4 Å². The van der Waals surface area contributed by atoms with Crippen molar-refractivity contribution in [1.82, 2.24) is 5.32 Å². The molecule has 1 atom stereocenters. The molecule has 1 amide bonds. The molecule has 0 radical (unpaired) electrons. The number of carbonyl (C=O) groups is 2. The Balaban J connectivity index is 4.33. The predicted molar refractivity (Wildman–Crippen MR) is 54.1 cm³/mol. The maximum atomic E-state index is 11.3. The van der Waals surface area contributed by atoms with Crippen LogP contribution in [0.25, 0.3) is 0 Å². The smallest absolute Gasteiger partial charge is 0.321 e. The first kappa shape index (κ1) is 14.4. The van der Waals surface area contributed by atoms with Gasteiger partial charge in [-0.1, -0.05) is 0 Å². The zero-order valence-corrected chi connectivity index (χ0v) is 9.45. The number of nitrogens with zero attached hydrogens (tertiary/aromatic N) is 1. The third kappa shape index (κ3) is 4.75. The van der Waals surface area contributed by atoms with Gasteiger partial charge in [-0.25, -0.2) is 8.42 Å². The number of aliphatic carboxylic acids is 1. The highest BCUT2D eigenvalue weighted by molar-refractivity contribution is 7.93. The van der Waals surface area contributed by atoms with E-state index in [0.717, 1.165) is 6.92 Å². The van der Waals surface area contributed by atoms with E-state index in [1.165, 1.54) is 0 Å². The number of nitriles is 1. The van der Waals surface area contributed by atoms with Crippen LogP contribution in [0.1, 0.15) is 13.3 Å². The minimum Gasteiger partial charge on any atom is -0.480 e. The van der Waals surface area contributed by atoms with Crippen LogP contribution in [0, 0.1) is 11.3 Å². The van der Waals surface area contributed by atoms with E-state index in [2.05, 4.69) is 5.32 Å². The molecular formula is C8H12N2O5S. The maximum Gasteiger partial charge on any atom is 0.321 e.